The van der Waals surface area contributed by atoms with Crippen molar-refractivity contribution in [3.8, 4) is 5.75 Å². The van der Waals surface area contributed by atoms with Crippen molar-refractivity contribution in [2.45, 2.75) is 52.4 Å². The molecule has 0 spiro atoms. The van der Waals surface area contributed by atoms with E-state index in [4.69, 9.17) is 0 Å². The molecule has 0 saturated heterocycles. The van der Waals surface area contributed by atoms with E-state index in [9.17, 15) is 14.7 Å². The molecule has 0 aliphatic carbocycles. The number of nitrogens with zero attached hydrogens (tertiary/aromatic N) is 2. The van der Waals surface area contributed by atoms with E-state index in [0.29, 0.717) is 11.3 Å². The number of hydrogen-bond donors (Lipinski definition) is 3. The Morgan fingerprint density at radius 2 is 1.75 bits per heavy atom. The molecule has 0 atom stereocenters. The highest BCUT2D eigenvalue weighted by Gasteiger charge is 2.26. The molecule has 3 rings (SSSR count). The summed E-state index contributed by atoms with van der Waals surface area (Å²) >= 11 is 0. The van der Waals surface area contributed by atoms with Crippen molar-refractivity contribution < 1.29 is 9.90 Å². The van der Waals surface area contributed by atoms with Crippen LogP contribution in [0.3, 0.4) is 0 Å². The summed E-state index contributed by atoms with van der Waals surface area (Å²) in [6, 6.07) is 5.12. The van der Waals surface area contributed by atoms with Gasteiger partial charge in [0.1, 0.15) is 17.0 Å². The van der Waals surface area contributed by atoms with Crippen LogP contribution in [0.5, 0.6) is 5.75 Å². The van der Waals surface area contributed by atoms with Gasteiger partial charge in [-0.05, 0) is 28.0 Å². The molecule has 0 aliphatic heterocycles. The number of H-pyrrole nitrogens is 1. The fourth-order valence-electron chi connectivity index (χ4n) is 3.16. The first-order chi connectivity index (χ1) is 12.9. The van der Waals surface area contributed by atoms with Gasteiger partial charge in [-0.1, -0.05) is 41.5 Å². The van der Waals surface area contributed by atoms with Gasteiger partial charge in [-0.25, -0.2) is 0 Å². The fraction of sp³-hybridized carbons (Fsp3) is 0.381. The average molecular weight is 382 g/mol. The number of amides is 1. The second-order valence-electron chi connectivity index (χ2n) is 9.00. The molecule has 3 aromatic rings. The number of rotatable bonds is 2. The third-order valence-electron chi connectivity index (χ3n) is 4.67. The largest absolute Gasteiger partial charge is 0.508 e. The third kappa shape index (κ3) is 3.52. The number of carbonyl (C=O) groups is 1. The fourth-order valence-corrected chi connectivity index (χ4v) is 3.16. The molecule has 1 amide bonds. The second kappa shape index (κ2) is 6.51. The number of aromatic hydroxyl groups is 1. The molecule has 0 aliphatic rings. The number of anilines is 1. The Morgan fingerprint density at radius 3 is 2.36 bits per heavy atom. The lowest BCUT2D eigenvalue weighted by molar-refractivity contribution is 0.102. The first-order valence-corrected chi connectivity index (χ1v) is 9.14. The predicted molar refractivity (Wildman–Crippen MR) is 109 cm³/mol. The molecular weight excluding hydrogens is 356 g/mol. The summed E-state index contributed by atoms with van der Waals surface area (Å²) in [5, 5.41) is 17.3. The lowest BCUT2D eigenvalue weighted by Gasteiger charge is -2.28. The van der Waals surface area contributed by atoms with Crippen LogP contribution in [0.25, 0.3) is 5.65 Å². The van der Waals surface area contributed by atoms with Crippen LogP contribution in [0, 0.1) is 0 Å². The van der Waals surface area contributed by atoms with Gasteiger partial charge in [-0.2, -0.15) is 9.61 Å². The van der Waals surface area contributed by atoms with Crippen LogP contribution in [0.2, 0.25) is 0 Å². The number of nitrogens with one attached hydrogen (secondary N) is 2. The van der Waals surface area contributed by atoms with Crippen LogP contribution in [0.1, 0.15) is 63.0 Å². The van der Waals surface area contributed by atoms with E-state index in [1.54, 1.807) is 12.1 Å². The van der Waals surface area contributed by atoms with Gasteiger partial charge in [0.2, 0.25) is 0 Å². The first kappa shape index (κ1) is 19.7. The van der Waals surface area contributed by atoms with Gasteiger partial charge in [0.05, 0.1) is 6.20 Å². The quantitative estimate of drug-likeness (QED) is 0.631. The Bertz CT molecular complexity index is 1110. The van der Waals surface area contributed by atoms with E-state index in [0.717, 1.165) is 15.6 Å². The topological polar surface area (TPSA) is 99.5 Å². The second-order valence-corrected chi connectivity index (χ2v) is 9.00. The van der Waals surface area contributed by atoms with Gasteiger partial charge in [0.15, 0.2) is 0 Å². The van der Waals surface area contributed by atoms with Crippen LogP contribution in [0.4, 0.5) is 5.69 Å². The molecule has 3 N–H and O–H groups in total. The zero-order valence-electron chi connectivity index (χ0n) is 17.0. The summed E-state index contributed by atoms with van der Waals surface area (Å²) in [5.41, 5.74) is 1.54. The number of aromatic amines is 1. The lowest BCUT2D eigenvalue weighted by atomic mass is 9.79. The van der Waals surface area contributed by atoms with Crippen molar-refractivity contribution in [2.24, 2.45) is 0 Å². The van der Waals surface area contributed by atoms with Gasteiger partial charge in [0.25, 0.3) is 11.5 Å². The maximum Gasteiger partial charge on any atom is 0.287 e. The van der Waals surface area contributed by atoms with Crippen molar-refractivity contribution in [1.82, 2.24) is 14.6 Å². The first-order valence-electron chi connectivity index (χ1n) is 9.14. The van der Waals surface area contributed by atoms with E-state index < -0.39 is 11.5 Å². The van der Waals surface area contributed by atoms with Crippen molar-refractivity contribution in [3.05, 3.63) is 57.6 Å². The highest BCUT2D eigenvalue weighted by atomic mass is 16.3. The van der Waals surface area contributed by atoms with Crippen molar-refractivity contribution in [1.29, 1.82) is 0 Å². The minimum Gasteiger partial charge on any atom is -0.508 e. The summed E-state index contributed by atoms with van der Waals surface area (Å²) in [5.74, 6) is -0.459. The Labute approximate surface area is 163 Å². The van der Waals surface area contributed by atoms with Crippen LogP contribution in [-0.2, 0) is 10.8 Å². The van der Waals surface area contributed by atoms with Crippen molar-refractivity contribution in [2.75, 3.05) is 5.32 Å². The van der Waals surface area contributed by atoms with Gasteiger partial charge in [0, 0.05) is 24.0 Å². The predicted octanol–water partition coefficient (Wildman–Crippen LogP) is 3.58. The molecule has 2 heterocycles. The number of phenols is 1. The van der Waals surface area contributed by atoms with Crippen LogP contribution >= 0.6 is 0 Å². The molecule has 0 bridgehead atoms. The number of carbonyl (C=O) groups excluding carboxylic acids is 1. The molecule has 1 aromatic carbocycles. The highest BCUT2D eigenvalue weighted by molar-refractivity contribution is 6.04. The number of fused-ring (bicyclic) bond motifs is 1. The summed E-state index contributed by atoms with van der Waals surface area (Å²) in [6.45, 7) is 12.2. The minimum atomic E-state index is -0.563. The van der Waals surface area contributed by atoms with Gasteiger partial charge < -0.3 is 15.4 Å². The SMILES string of the molecule is CC(C)(C)c1cc(C(C)(C)C)c(NC(=O)c2c[nH]c3ccnn3c2=O)cc1O. The molecule has 0 saturated carbocycles. The van der Waals surface area contributed by atoms with E-state index in [1.807, 2.05) is 47.6 Å². The minimum absolute atomic E-state index is 0.0598. The molecule has 0 fully saturated rings. The summed E-state index contributed by atoms with van der Waals surface area (Å²) in [6.07, 6.45) is 2.85. The smallest absolute Gasteiger partial charge is 0.287 e. The van der Waals surface area contributed by atoms with E-state index in [1.165, 1.54) is 12.4 Å². The summed E-state index contributed by atoms with van der Waals surface area (Å²) in [4.78, 5) is 28.2. The molecule has 2 aromatic heterocycles. The summed E-state index contributed by atoms with van der Waals surface area (Å²) in [7, 11) is 0. The number of aromatic nitrogens is 3. The molecule has 7 nitrogen and oxygen atoms in total. The lowest BCUT2D eigenvalue weighted by Crippen LogP contribution is -2.28. The third-order valence-corrected chi connectivity index (χ3v) is 4.67. The van der Waals surface area contributed by atoms with Crippen LogP contribution in [-0.4, -0.2) is 25.6 Å². The maximum atomic E-state index is 12.8. The molecule has 0 radical (unpaired) electrons. The molecule has 0 unspecified atom stereocenters. The molecule has 7 heteroatoms. The number of benzene rings is 1. The maximum absolute atomic E-state index is 12.8. The Morgan fingerprint density at radius 1 is 1.11 bits per heavy atom. The molecular formula is C21H26N4O3. The Balaban J connectivity index is 2.07. The number of phenolic OH excluding ortho intramolecular Hbond substituents is 1. The highest BCUT2D eigenvalue weighted by Crippen LogP contribution is 2.39. The van der Waals surface area contributed by atoms with Crippen LogP contribution < -0.4 is 10.9 Å². The van der Waals surface area contributed by atoms with Crippen molar-refractivity contribution in [3.63, 3.8) is 0 Å². The summed E-state index contributed by atoms with van der Waals surface area (Å²) < 4.78 is 1.14. The zero-order chi connectivity index (χ0) is 20.9. The van der Waals surface area contributed by atoms with Gasteiger partial charge in [-0.3, -0.25) is 9.59 Å². The molecule has 28 heavy (non-hydrogen) atoms. The van der Waals surface area contributed by atoms with E-state index >= 15 is 0 Å². The van der Waals surface area contributed by atoms with Gasteiger partial charge in [-0.15, -0.1) is 0 Å². The van der Waals surface area contributed by atoms with E-state index in [2.05, 4.69) is 15.4 Å². The number of hydrogen-bond acceptors (Lipinski definition) is 4. The van der Waals surface area contributed by atoms with Crippen molar-refractivity contribution >= 4 is 17.2 Å². The average Bonchev–Trinajstić information content (AvgIpc) is 3.02. The standard InChI is InChI=1S/C21H26N4O3/c1-20(2,3)13-9-14(21(4,5)6)16(26)10-15(13)24-18(27)12-11-22-17-7-8-23-25(17)19(12)28/h7-11,22,26H,1-6H3,(H,24,27). The zero-order valence-corrected chi connectivity index (χ0v) is 17.0. The van der Waals surface area contributed by atoms with Crippen LogP contribution in [0.15, 0.2) is 35.4 Å². The Hall–Kier alpha value is -3.09. The van der Waals surface area contributed by atoms with E-state index in [-0.39, 0.29) is 22.1 Å². The van der Waals surface area contributed by atoms with Gasteiger partial charge >= 0.3 is 0 Å². The Kier molecular flexibility index (Phi) is 4.57. The normalized spacial score (nSPS) is 12.4. The monoisotopic (exact) mass is 382 g/mol. The molecule has 148 valence electrons.